The van der Waals surface area contributed by atoms with E-state index in [0.29, 0.717) is 11.8 Å². The minimum Gasteiger partial charge on any atom is -0.317 e. The van der Waals surface area contributed by atoms with Crippen molar-refractivity contribution in [1.82, 2.24) is 0 Å². The summed E-state index contributed by atoms with van der Waals surface area (Å²) in [4.78, 5) is 10.5. The molecule has 0 saturated heterocycles. The van der Waals surface area contributed by atoms with Gasteiger partial charge in [0.05, 0.1) is 0 Å². The van der Waals surface area contributed by atoms with E-state index in [0.717, 1.165) is 5.69 Å². The zero-order chi connectivity index (χ0) is 11.4. The second-order valence-electron chi connectivity index (χ2n) is 4.35. The highest BCUT2D eigenvalue weighted by Gasteiger charge is 2.12. The number of para-hydroxylation sites is 1. The third kappa shape index (κ3) is 2.58. The summed E-state index contributed by atoms with van der Waals surface area (Å²) in [6.07, 6.45) is 1.77. The molecule has 0 spiro atoms. The fourth-order valence-corrected chi connectivity index (χ4v) is 1.75. The monoisotopic (exact) mass is 204 g/mol. The predicted octanol–water partition coefficient (Wildman–Crippen LogP) is 3.41. The van der Waals surface area contributed by atoms with Gasteiger partial charge in [0.1, 0.15) is 0 Å². The van der Waals surface area contributed by atoms with Crippen molar-refractivity contribution in [2.75, 3.05) is 5.32 Å². The lowest BCUT2D eigenvalue weighted by molar-refractivity contribution is 0.561. The highest BCUT2D eigenvalue weighted by molar-refractivity contribution is 5.77. The molecule has 0 bridgehead atoms. The minimum absolute atomic E-state index is 0.402. The van der Waals surface area contributed by atoms with Crippen LogP contribution in [0.25, 0.3) is 0 Å². The van der Waals surface area contributed by atoms with Crippen molar-refractivity contribution in [3.63, 3.8) is 0 Å². The molecule has 1 rings (SSSR count). The smallest absolute Gasteiger partial charge is 0.314 e. The standard InChI is InChI=1S/C13H18NO/c1-9(2)11-6-5-7-12(10(3)4)13(11)14-8-15/h5-7,9-10H,1-4H3,(H,14,15). The molecular weight excluding hydrogens is 186 g/mol. The van der Waals surface area contributed by atoms with Crippen LogP contribution in [0.5, 0.6) is 0 Å². The number of nitrogens with one attached hydrogen (secondary N) is 1. The van der Waals surface area contributed by atoms with Crippen molar-refractivity contribution in [2.24, 2.45) is 0 Å². The predicted molar refractivity (Wildman–Crippen MR) is 63.9 cm³/mol. The van der Waals surface area contributed by atoms with Crippen LogP contribution in [0, 0.1) is 0 Å². The SMILES string of the molecule is CC(C)c1cccc(C(C)C)c1N[C]=O. The van der Waals surface area contributed by atoms with Crippen LogP contribution in [0.3, 0.4) is 0 Å². The molecule has 1 radical (unpaired) electrons. The Kier molecular flexibility index (Phi) is 3.89. The summed E-state index contributed by atoms with van der Waals surface area (Å²) in [6.45, 7) is 8.48. The number of benzene rings is 1. The molecule has 1 amide bonds. The summed E-state index contributed by atoms with van der Waals surface area (Å²) < 4.78 is 0. The Bertz CT molecular complexity index is 316. The molecule has 81 valence electrons. The molecule has 2 heteroatoms. The summed E-state index contributed by atoms with van der Waals surface area (Å²) in [5.41, 5.74) is 3.27. The highest BCUT2D eigenvalue weighted by Crippen LogP contribution is 2.31. The van der Waals surface area contributed by atoms with Gasteiger partial charge in [0, 0.05) is 5.69 Å². The summed E-state index contributed by atoms with van der Waals surface area (Å²) >= 11 is 0. The molecule has 0 heterocycles. The van der Waals surface area contributed by atoms with E-state index in [2.05, 4.69) is 45.1 Å². The summed E-state index contributed by atoms with van der Waals surface area (Å²) in [7, 11) is 0. The molecule has 0 unspecified atom stereocenters. The first-order valence-electron chi connectivity index (χ1n) is 5.33. The van der Waals surface area contributed by atoms with Gasteiger partial charge in [-0.3, -0.25) is 4.79 Å². The molecule has 1 aromatic rings. The van der Waals surface area contributed by atoms with E-state index in [1.54, 1.807) is 6.41 Å². The Morgan fingerprint density at radius 3 is 1.87 bits per heavy atom. The topological polar surface area (TPSA) is 29.1 Å². The van der Waals surface area contributed by atoms with Gasteiger partial charge in [-0.05, 0) is 23.0 Å². The molecule has 0 aromatic heterocycles. The fraction of sp³-hybridized carbons (Fsp3) is 0.462. The van der Waals surface area contributed by atoms with Gasteiger partial charge in [-0.15, -0.1) is 0 Å². The average Bonchev–Trinajstić information content (AvgIpc) is 2.17. The average molecular weight is 204 g/mol. The zero-order valence-electron chi connectivity index (χ0n) is 9.79. The van der Waals surface area contributed by atoms with E-state index in [9.17, 15) is 4.79 Å². The first-order valence-corrected chi connectivity index (χ1v) is 5.33. The number of anilines is 1. The number of rotatable bonds is 4. The van der Waals surface area contributed by atoms with Crippen LogP contribution in [0.15, 0.2) is 18.2 Å². The number of hydrogen-bond acceptors (Lipinski definition) is 1. The van der Waals surface area contributed by atoms with Crippen LogP contribution < -0.4 is 5.32 Å². The quantitative estimate of drug-likeness (QED) is 0.748. The maximum Gasteiger partial charge on any atom is 0.314 e. The van der Waals surface area contributed by atoms with Gasteiger partial charge >= 0.3 is 6.41 Å². The highest BCUT2D eigenvalue weighted by atomic mass is 16.1. The maximum absolute atomic E-state index is 10.5. The van der Waals surface area contributed by atoms with Gasteiger partial charge in [-0.1, -0.05) is 45.9 Å². The largest absolute Gasteiger partial charge is 0.317 e. The molecule has 0 aliphatic heterocycles. The third-order valence-corrected chi connectivity index (χ3v) is 2.55. The molecule has 0 aliphatic rings. The Balaban J connectivity index is 3.27. The van der Waals surface area contributed by atoms with Gasteiger partial charge in [0.15, 0.2) is 0 Å². The van der Waals surface area contributed by atoms with Crippen molar-refractivity contribution in [1.29, 1.82) is 0 Å². The van der Waals surface area contributed by atoms with Gasteiger partial charge < -0.3 is 5.32 Å². The molecule has 1 N–H and O–H groups in total. The normalized spacial score (nSPS) is 10.8. The molecule has 15 heavy (non-hydrogen) atoms. The van der Waals surface area contributed by atoms with E-state index in [-0.39, 0.29) is 0 Å². The lowest BCUT2D eigenvalue weighted by Gasteiger charge is -2.17. The van der Waals surface area contributed by atoms with Gasteiger partial charge in [-0.2, -0.15) is 0 Å². The first-order chi connectivity index (χ1) is 7.07. The molecule has 0 saturated carbocycles. The van der Waals surface area contributed by atoms with Crippen molar-refractivity contribution in [2.45, 2.75) is 39.5 Å². The van der Waals surface area contributed by atoms with E-state index < -0.39 is 0 Å². The second kappa shape index (κ2) is 4.96. The summed E-state index contributed by atoms with van der Waals surface area (Å²) in [5.74, 6) is 0.805. The zero-order valence-corrected chi connectivity index (χ0v) is 9.79. The minimum atomic E-state index is 0.402. The van der Waals surface area contributed by atoms with E-state index in [1.165, 1.54) is 11.1 Å². The van der Waals surface area contributed by atoms with Crippen LogP contribution >= 0.6 is 0 Å². The fourth-order valence-electron chi connectivity index (χ4n) is 1.75. The molecule has 2 nitrogen and oxygen atoms in total. The Morgan fingerprint density at radius 1 is 1.07 bits per heavy atom. The van der Waals surface area contributed by atoms with Crippen LogP contribution in [0.2, 0.25) is 0 Å². The molecule has 0 atom stereocenters. The number of hydrogen-bond donors (Lipinski definition) is 1. The van der Waals surface area contributed by atoms with E-state index in [4.69, 9.17) is 0 Å². The van der Waals surface area contributed by atoms with Crippen LogP contribution in [0.1, 0.15) is 50.7 Å². The van der Waals surface area contributed by atoms with Crippen LogP contribution in [-0.2, 0) is 4.79 Å². The Hall–Kier alpha value is -1.31. The summed E-state index contributed by atoms with van der Waals surface area (Å²) in [6, 6.07) is 6.15. The number of amides is 1. The van der Waals surface area contributed by atoms with Crippen molar-refractivity contribution >= 4 is 12.1 Å². The van der Waals surface area contributed by atoms with Gasteiger partial charge in [0.25, 0.3) is 0 Å². The lowest BCUT2D eigenvalue weighted by Crippen LogP contribution is -2.05. The Morgan fingerprint density at radius 2 is 1.53 bits per heavy atom. The molecule has 0 aliphatic carbocycles. The van der Waals surface area contributed by atoms with E-state index in [1.807, 2.05) is 6.07 Å². The van der Waals surface area contributed by atoms with Crippen molar-refractivity contribution < 1.29 is 4.79 Å². The third-order valence-electron chi connectivity index (χ3n) is 2.55. The second-order valence-corrected chi connectivity index (χ2v) is 4.35. The lowest BCUT2D eigenvalue weighted by atomic mass is 9.93. The molecule has 0 fully saturated rings. The maximum atomic E-state index is 10.5. The Labute approximate surface area is 91.7 Å². The summed E-state index contributed by atoms with van der Waals surface area (Å²) in [5, 5.41) is 2.70. The number of carbonyl (C=O) groups excluding carboxylic acids is 1. The van der Waals surface area contributed by atoms with Crippen molar-refractivity contribution in [3.8, 4) is 0 Å². The van der Waals surface area contributed by atoms with Gasteiger partial charge in [-0.25, -0.2) is 0 Å². The van der Waals surface area contributed by atoms with Crippen LogP contribution in [0.4, 0.5) is 5.69 Å². The molecular formula is C13H18NO. The van der Waals surface area contributed by atoms with Crippen LogP contribution in [-0.4, -0.2) is 6.41 Å². The first kappa shape index (κ1) is 11.8. The van der Waals surface area contributed by atoms with E-state index >= 15 is 0 Å². The van der Waals surface area contributed by atoms with Crippen molar-refractivity contribution in [3.05, 3.63) is 29.3 Å². The van der Waals surface area contributed by atoms with Gasteiger partial charge in [0.2, 0.25) is 0 Å². The molecule has 1 aromatic carbocycles.